The number of halogens is 3. The van der Waals surface area contributed by atoms with Gasteiger partial charge in [-0.2, -0.15) is 10.2 Å². The number of anilines is 2. The molecule has 12 N–H and O–H groups in total. The number of hydrogen-bond acceptors (Lipinski definition) is 18. The number of aliphatic hydroxyl groups excluding tert-OH is 4. The summed E-state index contributed by atoms with van der Waals surface area (Å²) in [5.41, 5.74) is 4.08. The fraction of sp³-hybridized carbons (Fsp3) is 0.415. The lowest BCUT2D eigenvalue weighted by molar-refractivity contribution is -0.0541. The zero-order valence-electron chi connectivity index (χ0n) is 38.9. The quantitative estimate of drug-likeness (QED) is 0.0403. The molecule has 0 amide bonds. The van der Waals surface area contributed by atoms with Crippen molar-refractivity contribution < 1.29 is 91.0 Å². The van der Waals surface area contributed by atoms with E-state index in [1.807, 2.05) is 38.1 Å². The highest BCUT2D eigenvalue weighted by molar-refractivity contribution is 7.70. The monoisotopic (exact) mass is 1160 g/mol. The molecule has 0 radical (unpaired) electrons. The van der Waals surface area contributed by atoms with Crippen molar-refractivity contribution in [2.24, 2.45) is 0 Å². The molecule has 8 rings (SSSR count). The molecule has 2 aliphatic rings. The van der Waals surface area contributed by atoms with Gasteiger partial charge >= 0.3 is 30.4 Å². The van der Waals surface area contributed by atoms with Crippen LogP contribution in [0.15, 0.2) is 73.1 Å². The number of aromatic nitrogens is 6. The topological polar surface area (TPSA) is 393 Å². The predicted octanol–water partition coefficient (Wildman–Crippen LogP) is 4.88. The van der Waals surface area contributed by atoms with Gasteiger partial charge in [0.1, 0.15) is 52.7 Å². The van der Waals surface area contributed by atoms with Crippen molar-refractivity contribution in [1.82, 2.24) is 29.5 Å². The lowest BCUT2D eigenvalue weighted by atomic mass is 10.1. The molecule has 2 unspecified atom stereocenters. The maximum atomic E-state index is 14.2. The molecule has 12 atom stereocenters. The Morgan fingerprint density at radius 3 is 1.50 bits per heavy atom. The highest BCUT2D eigenvalue weighted by atomic mass is 35.5. The van der Waals surface area contributed by atoms with Crippen LogP contribution in [0.25, 0.3) is 22.1 Å². The van der Waals surface area contributed by atoms with Gasteiger partial charge in [-0.25, -0.2) is 23.7 Å². The third-order valence-electron chi connectivity index (χ3n) is 11.5. The lowest BCUT2D eigenvalue weighted by Crippen LogP contribution is -2.33. The molecule has 33 heteroatoms. The van der Waals surface area contributed by atoms with Crippen molar-refractivity contribution in [2.75, 3.05) is 35.7 Å². The van der Waals surface area contributed by atoms with Crippen LogP contribution >= 0.6 is 53.6 Å². The molecule has 6 aromatic rings. The number of ether oxygens (including phenoxy) is 2. The first kappa shape index (κ1) is 57.8. The van der Waals surface area contributed by atoms with Crippen LogP contribution in [0.3, 0.4) is 0 Å². The molecule has 2 saturated heterocycles. The number of hydrogen-bond donors (Lipinski definition) is 12. The Balaban J connectivity index is 0.000000216. The van der Waals surface area contributed by atoms with E-state index in [4.69, 9.17) is 61.3 Å². The molecule has 0 spiro atoms. The molecule has 0 aliphatic carbocycles. The number of rotatable bonds is 18. The number of fused-ring (bicyclic) bond motifs is 2. The molecule has 404 valence electrons. The van der Waals surface area contributed by atoms with E-state index in [1.165, 1.54) is 29.2 Å². The summed E-state index contributed by atoms with van der Waals surface area (Å²) in [5, 5.41) is 58.2. The number of nitrogens with zero attached hydrogens (tertiary/aromatic N) is 6. The summed E-state index contributed by atoms with van der Waals surface area (Å²) >= 11 is 12.5. The van der Waals surface area contributed by atoms with E-state index < -0.39 is 116 Å². The summed E-state index contributed by atoms with van der Waals surface area (Å²) in [6, 6.07) is 16.9. The molecule has 2 aromatic carbocycles. The summed E-state index contributed by atoms with van der Waals surface area (Å²) in [5.74, 6) is -3.20. The molecule has 26 nitrogen and oxygen atoms in total. The van der Waals surface area contributed by atoms with Crippen molar-refractivity contribution in [1.29, 1.82) is 0 Å². The third kappa shape index (κ3) is 14.2. The highest BCUT2D eigenvalue weighted by Gasteiger charge is 2.48. The lowest BCUT2D eigenvalue weighted by Gasteiger charge is -2.19. The zero-order valence-corrected chi connectivity index (χ0v) is 44.0. The van der Waals surface area contributed by atoms with Gasteiger partial charge < -0.3 is 78.9 Å². The fourth-order valence-electron chi connectivity index (χ4n) is 7.96. The Hall–Kier alpha value is -3.85. The summed E-state index contributed by atoms with van der Waals surface area (Å²) in [6.07, 6.45) is -8.57. The van der Waals surface area contributed by atoms with Crippen molar-refractivity contribution in [3.63, 3.8) is 0 Å². The Labute approximate surface area is 429 Å². The number of aryl methyl sites for hydroxylation is 1. The molecule has 74 heavy (non-hydrogen) atoms. The minimum Gasteiger partial charge on any atom is -0.387 e. The van der Waals surface area contributed by atoms with Crippen LogP contribution in [0.5, 0.6) is 0 Å². The van der Waals surface area contributed by atoms with Gasteiger partial charge in [-0.3, -0.25) is 18.3 Å². The first-order chi connectivity index (χ1) is 34.5. The third-order valence-corrected chi connectivity index (χ3v) is 18.8. The van der Waals surface area contributed by atoms with Gasteiger partial charge in [0.2, 0.25) is 0 Å². The fourth-order valence-corrected chi connectivity index (χ4v) is 13.5. The molecule has 2 fully saturated rings. The SMILES string of the molecule is C[C@H](Nc1cc(Cl)nc2c1cnn2[C@@H]1O[C@H](COP(=O)(O)CP(=O)(O)O)[C@@H](O)[C@H]1O)c1ccccc1F.Cc1ccc([C@H](C)Nc2cc(Cl)nc3c2cnn3[C@@H]2O[C@H](COP(=O)(O)CP(=O)(O)O)[C@@H](O)[C@H]2O)cc1. The van der Waals surface area contributed by atoms with Gasteiger partial charge in [-0.05, 0) is 44.5 Å². The van der Waals surface area contributed by atoms with Crippen LogP contribution in [0, 0.1) is 12.7 Å². The summed E-state index contributed by atoms with van der Waals surface area (Å²) in [7, 11) is -19.1. The number of pyridine rings is 2. The van der Waals surface area contributed by atoms with Crippen molar-refractivity contribution in [3.8, 4) is 0 Å². The van der Waals surface area contributed by atoms with E-state index in [9.17, 15) is 52.9 Å². The summed E-state index contributed by atoms with van der Waals surface area (Å²) in [4.78, 5) is 63.5. The summed E-state index contributed by atoms with van der Waals surface area (Å²) in [6.45, 7) is 4.27. The van der Waals surface area contributed by atoms with Gasteiger partial charge in [-0.1, -0.05) is 71.2 Å². The molecule has 6 heterocycles. The number of benzene rings is 2. The maximum Gasteiger partial charge on any atom is 0.340 e. The molecule has 0 saturated carbocycles. The van der Waals surface area contributed by atoms with Crippen LogP contribution in [-0.4, -0.2) is 141 Å². The average molecular weight is 1160 g/mol. The van der Waals surface area contributed by atoms with Crippen LogP contribution in [0.4, 0.5) is 15.8 Å². The Morgan fingerprint density at radius 1 is 0.662 bits per heavy atom. The molecule has 2 aliphatic heterocycles. The van der Waals surface area contributed by atoms with Gasteiger partial charge in [0.05, 0.1) is 53.8 Å². The van der Waals surface area contributed by atoms with E-state index in [0.29, 0.717) is 27.7 Å². The predicted molar refractivity (Wildman–Crippen MR) is 264 cm³/mol. The van der Waals surface area contributed by atoms with Gasteiger partial charge in [0, 0.05) is 11.6 Å². The van der Waals surface area contributed by atoms with Gasteiger partial charge in [0.15, 0.2) is 35.6 Å². The smallest absolute Gasteiger partial charge is 0.340 e. The average Bonchev–Trinajstić information content (AvgIpc) is 4.05. The van der Waals surface area contributed by atoms with Crippen LogP contribution in [0.2, 0.25) is 10.3 Å². The standard InChI is InChI=1S/C21H27ClN4O9P2.C20H24ClFN4O9P2/c1-11-3-5-13(6-4-11)12(2)24-15-7-17(22)25-20-14(15)8-23-26(20)21-19(28)18(27)16(35-21)9-34-37(32,33)10-36(29,30)31;1-10(11-4-2-3-5-13(11)22)24-14-6-16(21)25-19-12(14)7-23-26(19)20-18(28)17(27)15(35-20)8-34-37(32,33)9-36(29,30)31/h3-8,12,16,18-19,21,27-28H,9-10H2,1-2H3,(H,24,25)(H,32,33)(H2,29,30,31);2-7,10,15,17-18,20,27-28H,8-9H2,1H3,(H,24,25)(H,32,33)(H2,29,30,31)/t12-,16+,18+,19+,21+;10-,15+,17+,18+,20+/m00/s1. The van der Waals surface area contributed by atoms with E-state index in [-0.39, 0.29) is 27.6 Å². The van der Waals surface area contributed by atoms with Crippen LogP contribution in [-0.2, 0) is 36.8 Å². The van der Waals surface area contributed by atoms with Crippen molar-refractivity contribution in [2.45, 2.75) is 81.9 Å². The minimum absolute atomic E-state index is 0.0454. The van der Waals surface area contributed by atoms with E-state index >= 15 is 0 Å². The van der Waals surface area contributed by atoms with Gasteiger partial charge in [-0.15, -0.1) is 0 Å². The zero-order chi connectivity index (χ0) is 54.2. The molecule has 0 bridgehead atoms. The second-order valence-electron chi connectivity index (χ2n) is 17.4. The molecular weight excluding hydrogens is 1110 g/mol. The first-order valence-corrected chi connectivity index (χ1v) is 29.8. The van der Waals surface area contributed by atoms with Crippen LogP contribution < -0.4 is 10.6 Å². The first-order valence-electron chi connectivity index (χ1n) is 22.0. The second kappa shape index (κ2) is 23.0. The van der Waals surface area contributed by atoms with Crippen LogP contribution in [0.1, 0.15) is 55.1 Å². The summed E-state index contributed by atoms with van der Waals surface area (Å²) < 4.78 is 83.2. The van der Waals surface area contributed by atoms with E-state index in [0.717, 1.165) is 15.8 Å². The second-order valence-corrected chi connectivity index (χ2v) is 26.1. The maximum absolute atomic E-state index is 14.2. The largest absolute Gasteiger partial charge is 0.387 e. The minimum atomic E-state index is -4.85. The van der Waals surface area contributed by atoms with E-state index in [1.54, 1.807) is 31.2 Å². The molecule has 4 aromatic heterocycles. The molecular formula is C41H51Cl2FN8O18P4. The Kier molecular flexibility index (Phi) is 18.0. The number of aliphatic hydroxyl groups is 4. The van der Waals surface area contributed by atoms with Gasteiger partial charge in [0.25, 0.3) is 0 Å². The van der Waals surface area contributed by atoms with Crippen molar-refractivity contribution >= 4 is 87.0 Å². The highest BCUT2D eigenvalue weighted by Crippen LogP contribution is 2.56. The Bertz CT molecular complexity index is 3170. The van der Waals surface area contributed by atoms with Crippen molar-refractivity contribution in [3.05, 3.63) is 106 Å². The Morgan fingerprint density at radius 2 is 1.08 bits per heavy atom. The normalized spacial score (nSPS) is 24.8. The van der Waals surface area contributed by atoms with E-state index in [2.05, 4.69) is 30.8 Å². The number of nitrogens with one attached hydrogen (secondary N) is 2.